The molecule has 0 spiro atoms. The van der Waals surface area contributed by atoms with Crippen molar-refractivity contribution in [2.75, 3.05) is 0 Å². The smallest absolute Gasteiger partial charge is 0.159 e. The van der Waals surface area contributed by atoms with E-state index in [1.807, 2.05) is 0 Å². The zero-order chi connectivity index (χ0) is 10.4. The number of benzene rings is 1. The van der Waals surface area contributed by atoms with Gasteiger partial charge in [0, 0.05) is 22.9 Å². The second-order valence-corrected chi connectivity index (χ2v) is 5.13. The standard InChI is InChI=1S/C13H11BrO/c14-9-5-4-8-6-12-10(11(8)7-9)2-1-3-13(12)15/h4-5,7H,1-3,6H2. The minimum absolute atomic E-state index is 0.364. The second kappa shape index (κ2) is 3.31. The summed E-state index contributed by atoms with van der Waals surface area (Å²) in [6, 6.07) is 6.34. The summed E-state index contributed by atoms with van der Waals surface area (Å²) in [6.45, 7) is 0. The molecular formula is C13H11BrO. The predicted octanol–water partition coefficient (Wildman–Crippen LogP) is 3.51. The lowest BCUT2D eigenvalue weighted by Crippen LogP contribution is -2.08. The molecule has 0 unspecified atom stereocenters. The van der Waals surface area contributed by atoms with Crippen LogP contribution in [0.3, 0.4) is 0 Å². The van der Waals surface area contributed by atoms with Gasteiger partial charge in [0.25, 0.3) is 0 Å². The van der Waals surface area contributed by atoms with E-state index in [9.17, 15) is 4.79 Å². The highest BCUT2D eigenvalue weighted by Crippen LogP contribution is 2.40. The Balaban J connectivity index is 2.16. The largest absolute Gasteiger partial charge is 0.295 e. The van der Waals surface area contributed by atoms with Crippen LogP contribution in [0, 0.1) is 0 Å². The number of fused-ring (bicyclic) bond motifs is 2. The Morgan fingerprint density at radius 2 is 2.00 bits per heavy atom. The molecule has 3 rings (SSSR count). The summed E-state index contributed by atoms with van der Waals surface area (Å²) in [7, 11) is 0. The molecule has 0 amide bonds. The molecule has 0 bridgehead atoms. The third-order valence-corrected chi connectivity index (χ3v) is 3.79. The summed E-state index contributed by atoms with van der Waals surface area (Å²) in [6.07, 6.45) is 3.69. The molecule has 1 aromatic rings. The molecule has 0 saturated carbocycles. The molecule has 0 heterocycles. The minimum Gasteiger partial charge on any atom is -0.295 e. The molecule has 0 saturated heterocycles. The number of hydrogen-bond acceptors (Lipinski definition) is 1. The van der Waals surface area contributed by atoms with Crippen LogP contribution < -0.4 is 0 Å². The zero-order valence-corrected chi connectivity index (χ0v) is 9.93. The molecule has 1 aromatic carbocycles. The fourth-order valence-electron chi connectivity index (χ4n) is 2.57. The summed E-state index contributed by atoms with van der Waals surface area (Å²) in [5, 5.41) is 0. The Bertz CT molecular complexity index is 485. The fourth-order valence-corrected chi connectivity index (χ4v) is 2.93. The highest BCUT2D eigenvalue weighted by molar-refractivity contribution is 9.10. The number of ketones is 1. The molecule has 15 heavy (non-hydrogen) atoms. The summed E-state index contributed by atoms with van der Waals surface area (Å²) < 4.78 is 1.10. The van der Waals surface area contributed by atoms with Crippen molar-refractivity contribution in [3.63, 3.8) is 0 Å². The van der Waals surface area contributed by atoms with Gasteiger partial charge in [-0.2, -0.15) is 0 Å². The predicted molar refractivity (Wildman–Crippen MR) is 63.6 cm³/mol. The van der Waals surface area contributed by atoms with Gasteiger partial charge >= 0.3 is 0 Å². The Morgan fingerprint density at radius 1 is 1.13 bits per heavy atom. The first-order chi connectivity index (χ1) is 7.25. The van der Waals surface area contributed by atoms with Crippen LogP contribution in [0.1, 0.15) is 30.4 Å². The number of allylic oxidation sites excluding steroid dienone is 2. The van der Waals surface area contributed by atoms with Crippen LogP contribution in [0.2, 0.25) is 0 Å². The van der Waals surface area contributed by atoms with Gasteiger partial charge in [0.15, 0.2) is 5.78 Å². The highest BCUT2D eigenvalue weighted by atomic mass is 79.9. The van der Waals surface area contributed by atoms with E-state index in [2.05, 4.69) is 34.1 Å². The normalized spacial score (nSPS) is 19.1. The first-order valence-electron chi connectivity index (χ1n) is 5.30. The van der Waals surface area contributed by atoms with Gasteiger partial charge < -0.3 is 0 Å². The zero-order valence-electron chi connectivity index (χ0n) is 8.35. The van der Waals surface area contributed by atoms with Gasteiger partial charge in [-0.15, -0.1) is 0 Å². The Hall–Kier alpha value is -0.890. The number of hydrogen-bond donors (Lipinski definition) is 0. The maximum atomic E-state index is 11.8. The summed E-state index contributed by atoms with van der Waals surface area (Å²) in [5.41, 5.74) is 5.00. The van der Waals surface area contributed by atoms with Crippen LogP contribution in [0.4, 0.5) is 0 Å². The fraction of sp³-hybridized carbons (Fsp3) is 0.308. The monoisotopic (exact) mass is 262 g/mol. The molecule has 0 aliphatic heterocycles. The van der Waals surface area contributed by atoms with Gasteiger partial charge in [-0.1, -0.05) is 22.0 Å². The molecule has 2 aliphatic carbocycles. The van der Waals surface area contributed by atoms with Crippen LogP contribution >= 0.6 is 15.9 Å². The summed E-state index contributed by atoms with van der Waals surface area (Å²) >= 11 is 3.49. The maximum absolute atomic E-state index is 11.8. The molecule has 2 aliphatic rings. The van der Waals surface area contributed by atoms with E-state index < -0.39 is 0 Å². The van der Waals surface area contributed by atoms with Crippen LogP contribution in [-0.4, -0.2) is 5.78 Å². The van der Waals surface area contributed by atoms with Crippen LogP contribution in [-0.2, 0) is 11.2 Å². The number of carbonyl (C=O) groups excluding carboxylic acids is 1. The number of halogens is 1. The first-order valence-corrected chi connectivity index (χ1v) is 6.09. The number of Topliss-reactive ketones (excluding diaryl/α,β-unsaturated/α-hetero) is 1. The van der Waals surface area contributed by atoms with E-state index in [1.165, 1.54) is 16.7 Å². The van der Waals surface area contributed by atoms with E-state index >= 15 is 0 Å². The molecule has 1 nitrogen and oxygen atoms in total. The van der Waals surface area contributed by atoms with E-state index in [0.29, 0.717) is 5.78 Å². The van der Waals surface area contributed by atoms with Gasteiger partial charge in [-0.25, -0.2) is 0 Å². The van der Waals surface area contributed by atoms with Crippen molar-refractivity contribution in [1.29, 1.82) is 0 Å². The van der Waals surface area contributed by atoms with Crippen LogP contribution in [0.15, 0.2) is 28.2 Å². The molecule has 2 heteroatoms. The van der Waals surface area contributed by atoms with Crippen molar-refractivity contribution >= 4 is 27.3 Å². The molecule has 0 aromatic heterocycles. The lowest BCUT2D eigenvalue weighted by Gasteiger charge is -2.13. The van der Waals surface area contributed by atoms with E-state index in [-0.39, 0.29) is 0 Å². The number of carbonyl (C=O) groups is 1. The van der Waals surface area contributed by atoms with Gasteiger partial charge in [-0.3, -0.25) is 4.79 Å². The topological polar surface area (TPSA) is 17.1 Å². The average molecular weight is 263 g/mol. The summed E-state index contributed by atoms with van der Waals surface area (Å²) in [4.78, 5) is 11.8. The van der Waals surface area contributed by atoms with Crippen LogP contribution in [0.25, 0.3) is 5.57 Å². The van der Waals surface area contributed by atoms with Crippen molar-refractivity contribution in [1.82, 2.24) is 0 Å². The molecule has 0 atom stereocenters. The minimum atomic E-state index is 0.364. The van der Waals surface area contributed by atoms with Crippen molar-refractivity contribution in [3.05, 3.63) is 39.4 Å². The van der Waals surface area contributed by atoms with Gasteiger partial charge in [0.05, 0.1) is 0 Å². The van der Waals surface area contributed by atoms with Gasteiger partial charge in [0.2, 0.25) is 0 Å². The Labute approximate surface area is 97.3 Å². The second-order valence-electron chi connectivity index (χ2n) is 4.21. The Morgan fingerprint density at radius 3 is 2.87 bits per heavy atom. The lowest BCUT2D eigenvalue weighted by atomic mass is 9.91. The Kier molecular flexibility index (Phi) is 2.06. The van der Waals surface area contributed by atoms with Crippen molar-refractivity contribution in [3.8, 4) is 0 Å². The highest BCUT2D eigenvalue weighted by Gasteiger charge is 2.28. The first kappa shape index (κ1) is 9.34. The average Bonchev–Trinajstić information content (AvgIpc) is 2.58. The lowest BCUT2D eigenvalue weighted by molar-refractivity contribution is -0.115. The third-order valence-electron chi connectivity index (χ3n) is 3.30. The van der Waals surface area contributed by atoms with Crippen molar-refractivity contribution in [2.24, 2.45) is 0 Å². The molecule has 0 N–H and O–H groups in total. The van der Waals surface area contributed by atoms with Gasteiger partial charge in [0.1, 0.15) is 0 Å². The maximum Gasteiger partial charge on any atom is 0.159 e. The van der Waals surface area contributed by atoms with Crippen molar-refractivity contribution < 1.29 is 4.79 Å². The number of rotatable bonds is 0. The molecule has 0 radical (unpaired) electrons. The molecule has 76 valence electrons. The van der Waals surface area contributed by atoms with Crippen LogP contribution in [0.5, 0.6) is 0 Å². The van der Waals surface area contributed by atoms with E-state index in [1.54, 1.807) is 0 Å². The quantitative estimate of drug-likeness (QED) is 0.700. The third kappa shape index (κ3) is 1.39. The molecule has 0 fully saturated rings. The van der Waals surface area contributed by atoms with Gasteiger partial charge in [-0.05, 0) is 41.7 Å². The molecular weight excluding hydrogens is 252 g/mol. The van der Waals surface area contributed by atoms with E-state index in [0.717, 1.165) is 35.7 Å². The van der Waals surface area contributed by atoms with Crippen molar-refractivity contribution in [2.45, 2.75) is 25.7 Å². The van der Waals surface area contributed by atoms with E-state index in [4.69, 9.17) is 0 Å². The SMILES string of the molecule is O=C1CCCC2=C1Cc1ccc(Br)cc12. The summed E-state index contributed by atoms with van der Waals surface area (Å²) in [5.74, 6) is 0.364.